The Hall–Kier alpha value is -3.56. The van der Waals surface area contributed by atoms with Crippen molar-refractivity contribution in [2.75, 3.05) is 12.4 Å². The Bertz CT molecular complexity index is 907. The van der Waals surface area contributed by atoms with Gasteiger partial charge in [0.05, 0.1) is 7.11 Å². The van der Waals surface area contributed by atoms with E-state index in [0.717, 1.165) is 5.56 Å². The van der Waals surface area contributed by atoms with E-state index in [0.29, 0.717) is 6.42 Å². The average Bonchev–Trinajstić information content (AvgIpc) is 3.21. The largest absolute Gasteiger partial charge is 0.493 e. The highest BCUT2D eigenvalue weighted by Crippen LogP contribution is 2.31. The number of aromatic nitrogens is 4. The molecule has 8 nitrogen and oxygen atoms in total. The van der Waals surface area contributed by atoms with Crippen LogP contribution in [0.3, 0.4) is 0 Å². The van der Waals surface area contributed by atoms with Gasteiger partial charge in [0, 0.05) is 18.2 Å². The molecule has 0 aliphatic heterocycles. The number of benzene rings is 2. The third-order valence-corrected chi connectivity index (χ3v) is 3.91. The van der Waals surface area contributed by atoms with Gasteiger partial charge >= 0.3 is 6.61 Å². The summed E-state index contributed by atoms with van der Waals surface area (Å²) < 4.78 is 36.0. The fourth-order valence-electron chi connectivity index (χ4n) is 2.62. The smallest absolute Gasteiger partial charge is 0.387 e. The highest BCUT2D eigenvalue weighted by Gasteiger charge is 2.23. The van der Waals surface area contributed by atoms with Crippen LogP contribution in [0.2, 0.25) is 0 Å². The minimum atomic E-state index is -3.02. The van der Waals surface area contributed by atoms with E-state index in [1.807, 2.05) is 30.3 Å². The summed E-state index contributed by atoms with van der Waals surface area (Å²) in [6, 6.07) is 12.8. The van der Waals surface area contributed by atoms with E-state index in [1.54, 1.807) is 0 Å². The number of hydrogen-bond donors (Lipinski definition) is 1. The topological polar surface area (TPSA) is 91.2 Å². The lowest BCUT2D eigenvalue weighted by Crippen LogP contribution is -2.28. The molecule has 2 aromatic carbocycles. The van der Waals surface area contributed by atoms with Crippen LogP contribution in [0.5, 0.6) is 11.5 Å². The SMILES string of the molecule is COc1ccc(NC(=O)C(Cc2ccccc2)n2cnnn2)cc1OC(F)F. The van der Waals surface area contributed by atoms with Gasteiger partial charge in [0.2, 0.25) is 5.91 Å². The van der Waals surface area contributed by atoms with E-state index >= 15 is 0 Å². The summed E-state index contributed by atoms with van der Waals surface area (Å²) in [5.74, 6) is -0.471. The molecular weight excluding hydrogens is 372 g/mol. The lowest BCUT2D eigenvalue weighted by atomic mass is 10.1. The monoisotopic (exact) mass is 389 g/mol. The van der Waals surface area contributed by atoms with Crippen molar-refractivity contribution >= 4 is 11.6 Å². The number of nitrogens with one attached hydrogen (secondary N) is 1. The van der Waals surface area contributed by atoms with Gasteiger partial charge in [-0.2, -0.15) is 8.78 Å². The molecule has 0 radical (unpaired) electrons. The van der Waals surface area contributed by atoms with E-state index in [-0.39, 0.29) is 17.2 Å². The maximum absolute atomic E-state index is 12.9. The van der Waals surface area contributed by atoms with Crippen molar-refractivity contribution in [1.82, 2.24) is 20.2 Å². The summed E-state index contributed by atoms with van der Waals surface area (Å²) >= 11 is 0. The molecular formula is C18H17F2N5O3. The van der Waals surface area contributed by atoms with Gasteiger partial charge in [-0.3, -0.25) is 4.79 Å². The van der Waals surface area contributed by atoms with Crippen molar-refractivity contribution in [2.24, 2.45) is 0 Å². The standard InChI is InChI=1S/C18H17F2N5O3/c1-27-15-8-7-13(10-16(15)28-18(19)20)22-17(26)14(25-11-21-23-24-25)9-12-5-3-2-4-6-12/h2-8,10-11,14,18H,9H2,1H3,(H,22,26). The molecule has 3 aromatic rings. The fraction of sp³-hybridized carbons (Fsp3) is 0.222. The van der Waals surface area contributed by atoms with Crippen molar-refractivity contribution in [1.29, 1.82) is 0 Å². The van der Waals surface area contributed by atoms with Crippen molar-refractivity contribution in [3.05, 3.63) is 60.4 Å². The number of halogens is 2. The summed E-state index contributed by atoms with van der Waals surface area (Å²) in [7, 11) is 1.33. The molecule has 28 heavy (non-hydrogen) atoms. The Morgan fingerprint density at radius 3 is 2.61 bits per heavy atom. The van der Waals surface area contributed by atoms with Gasteiger partial charge in [-0.25, -0.2) is 4.68 Å². The summed E-state index contributed by atoms with van der Waals surface area (Å²) in [4.78, 5) is 12.9. The number of hydrogen-bond acceptors (Lipinski definition) is 6. The van der Waals surface area contributed by atoms with Crippen LogP contribution < -0.4 is 14.8 Å². The van der Waals surface area contributed by atoms with Crippen LogP contribution in [-0.4, -0.2) is 39.8 Å². The second-order valence-corrected chi connectivity index (χ2v) is 5.73. The van der Waals surface area contributed by atoms with Gasteiger partial charge in [0.1, 0.15) is 12.4 Å². The Labute approximate surface area is 159 Å². The van der Waals surface area contributed by atoms with Crippen LogP contribution in [0.15, 0.2) is 54.9 Å². The van der Waals surface area contributed by atoms with Crippen LogP contribution in [0.4, 0.5) is 14.5 Å². The zero-order valence-electron chi connectivity index (χ0n) is 14.8. The molecule has 0 aliphatic rings. The van der Waals surface area contributed by atoms with Crippen LogP contribution in [0, 0.1) is 0 Å². The van der Waals surface area contributed by atoms with Gasteiger partial charge in [-0.15, -0.1) is 5.10 Å². The molecule has 1 atom stereocenters. The summed E-state index contributed by atoms with van der Waals surface area (Å²) in [6.45, 7) is -3.02. The number of ether oxygens (including phenoxy) is 2. The summed E-state index contributed by atoms with van der Waals surface area (Å²) in [5, 5.41) is 13.6. The normalized spacial score (nSPS) is 11.9. The number of anilines is 1. The number of rotatable bonds is 8. The second kappa shape index (κ2) is 8.89. The minimum absolute atomic E-state index is 0.125. The highest BCUT2D eigenvalue weighted by atomic mass is 19.3. The Morgan fingerprint density at radius 1 is 1.18 bits per heavy atom. The molecule has 1 amide bonds. The zero-order valence-corrected chi connectivity index (χ0v) is 14.8. The first kappa shape index (κ1) is 19.2. The Balaban J connectivity index is 1.82. The van der Waals surface area contributed by atoms with Crippen molar-refractivity contribution in [3.8, 4) is 11.5 Å². The number of amides is 1. The van der Waals surface area contributed by atoms with E-state index in [1.165, 1.54) is 36.3 Å². The molecule has 0 saturated carbocycles. The molecule has 0 spiro atoms. The summed E-state index contributed by atoms with van der Waals surface area (Å²) in [5.41, 5.74) is 1.18. The number of carbonyl (C=O) groups is 1. The second-order valence-electron chi connectivity index (χ2n) is 5.73. The molecule has 0 saturated heterocycles. The molecule has 10 heteroatoms. The average molecular weight is 389 g/mol. The molecule has 0 aliphatic carbocycles. The van der Waals surface area contributed by atoms with E-state index < -0.39 is 18.6 Å². The highest BCUT2D eigenvalue weighted by molar-refractivity contribution is 5.94. The molecule has 1 heterocycles. The van der Waals surface area contributed by atoms with Gasteiger partial charge in [0.25, 0.3) is 0 Å². The number of nitrogens with zero attached hydrogens (tertiary/aromatic N) is 4. The lowest BCUT2D eigenvalue weighted by Gasteiger charge is -2.17. The predicted octanol–water partition coefficient (Wildman–Crippen LogP) is 2.71. The molecule has 0 fully saturated rings. The zero-order chi connectivity index (χ0) is 19.9. The predicted molar refractivity (Wildman–Crippen MR) is 95.3 cm³/mol. The lowest BCUT2D eigenvalue weighted by molar-refractivity contribution is -0.119. The quantitative estimate of drug-likeness (QED) is 0.637. The van der Waals surface area contributed by atoms with Gasteiger partial charge < -0.3 is 14.8 Å². The van der Waals surface area contributed by atoms with Crippen LogP contribution in [0.1, 0.15) is 11.6 Å². The van der Waals surface area contributed by atoms with Crippen molar-refractivity contribution in [2.45, 2.75) is 19.1 Å². The molecule has 1 aromatic heterocycles. The number of carbonyl (C=O) groups excluding carboxylic acids is 1. The first-order valence-electron chi connectivity index (χ1n) is 8.27. The third-order valence-electron chi connectivity index (χ3n) is 3.91. The number of methoxy groups -OCH3 is 1. The number of tetrazole rings is 1. The number of alkyl halides is 2. The third kappa shape index (κ3) is 4.78. The van der Waals surface area contributed by atoms with Crippen molar-refractivity contribution in [3.63, 3.8) is 0 Å². The Morgan fingerprint density at radius 2 is 1.96 bits per heavy atom. The van der Waals surface area contributed by atoms with Gasteiger partial charge in [0.15, 0.2) is 11.5 Å². The first-order chi connectivity index (χ1) is 13.6. The fourth-order valence-corrected chi connectivity index (χ4v) is 2.62. The molecule has 146 valence electrons. The van der Waals surface area contributed by atoms with E-state index in [9.17, 15) is 13.6 Å². The van der Waals surface area contributed by atoms with Gasteiger partial charge in [-0.1, -0.05) is 30.3 Å². The van der Waals surface area contributed by atoms with E-state index in [2.05, 4.69) is 25.6 Å². The van der Waals surface area contributed by atoms with Gasteiger partial charge in [-0.05, 0) is 28.1 Å². The molecule has 3 rings (SSSR count). The van der Waals surface area contributed by atoms with Crippen molar-refractivity contribution < 1.29 is 23.0 Å². The maximum Gasteiger partial charge on any atom is 0.387 e. The minimum Gasteiger partial charge on any atom is -0.493 e. The van der Waals surface area contributed by atoms with Crippen LogP contribution in [0.25, 0.3) is 0 Å². The summed E-state index contributed by atoms with van der Waals surface area (Å²) in [6.07, 6.45) is 1.68. The molecule has 1 unspecified atom stereocenters. The molecule has 1 N–H and O–H groups in total. The van der Waals surface area contributed by atoms with Crippen LogP contribution >= 0.6 is 0 Å². The maximum atomic E-state index is 12.9. The Kier molecular flexibility index (Phi) is 6.10. The molecule has 0 bridgehead atoms. The van der Waals surface area contributed by atoms with E-state index in [4.69, 9.17) is 4.74 Å². The first-order valence-corrected chi connectivity index (χ1v) is 8.27. The van der Waals surface area contributed by atoms with Crippen LogP contribution in [-0.2, 0) is 11.2 Å².